The van der Waals surface area contributed by atoms with Crippen LogP contribution in [-0.4, -0.2) is 51.2 Å². The summed E-state index contributed by atoms with van der Waals surface area (Å²) in [6.45, 7) is 6.85. The van der Waals surface area contributed by atoms with Crippen LogP contribution in [0.15, 0.2) is 29.3 Å². The number of benzene rings is 1. The molecule has 0 saturated heterocycles. The molecule has 0 amide bonds. The van der Waals surface area contributed by atoms with Crippen LogP contribution in [0.5, 0.6) is 5.75 Å². The lowest BCUT2D eigenvalue weighted by atomic mass is 10.2. The lowest BCUT2D eigenvalue weighted by Gasteiger charge is -2.16. The van der Waals surface area contributed by atoms with Crippen molar-refractivity contribution in [2.45, 2.75) is 39.3 Å². The van der Waals surface area contributed by atoms with Crippen LogP contribution in [0, 0.1) is 0 Å². The zero-order chi connectivity index (χ0) is 17.1. The quantitative estimate of drug-likeness (QED) is 0.264. The number of hydrogen-bond donors (Lipinski definition) is 2. The molecule has 5 nitrogen and oxygen atoms in total. The number of hydrogen-bond acceptors (Lipinski definition) is 3. The average molecular weight is 448 g/mol. The summed E-state index contributed by atoms with van der Waals surface area (Å²) in [6, 6.07) is 8.64. The smallest absolute Gasteiger partial charge is 0.191 e. The lowest BCUT2D eigenvalue weighted by Crippen LogP contribution is -2.41. The van der Waals surface area contributed by atoms with Crippen LogP contribution in [0.1, 0.15) is 32.3 Å². The van der Waals surface area contributed by atoms with Crippen molar-refractivity contribution in [3.8, 4) is 5.75 Å². The highest BCUT2D eigenvalue weighted by atomic mass is 127. The summed E-state index contributed by atoms with van der Waals surface area (Å²) in [7, 11) is 5.94. The van der Waals surface area contributed by atoms with Gasteiger partial charge in [-0.3, -0.25) is 4.99 Å². The van der Waals surface area contributed by atoms with Crippen molar-refractivity contribution in [2.24, 2.45) is 4.99 Å². The van der Waals surface area contributed by atoms with Gasteiger partial charge in [0.2, 0.25) is 0 Å². The maximum Gasteiger partial charge on any atom is 0.191 e. The summed E-state index contributed by atoms with van der Waals surface area (Å²) >= 11 is 0. The first-order valence-electron chi connectivity index (χ1n) is 8.38. The first kappa shape index (κ1) is 23.0. The first-order chi connectivity index (χ1) is 11.0. The van der Waals surface area contributed by atoms with Crippen molar-refractivity contribution < 1.29 is 4.74 Å². The van der Waals surface area contributed by atoms with Gasteiger partial charge in [0, 0.05) is 26.2 Å². The van der Waals surface area contributed by atoms with Crippen molar-refractivity contribution in [2.75, 3.05) is 34.3 Å². The second kappa shape index (κ2) is 13.3. The van der Waals surface area contributed by atoms with Gasteiger partial charge in [0.05, 0.1) is 6.61 Å². The zero-order valence-electron chi connectivity index (χ0n) is 15.6. The van der Waals surface area contributed by atoms with Gasteiger partial charge < -0.3 is 20.3 Å². The van der Waals surface area contributed by atoms with Gasteiger partial charge in [-0.25, -0.2) is 0 Å². The largest absolute Gasteiger partial charge is 0.494 e. The van der Waals surface area contributed by atoms with Crippen molar-refractivity contribution in [3.63, 3.8) is 0 Å². The first-order valence-corrected chi connectivity index (χ1v) is 8.38. The molecule has 0 saturated carbocycles. The Balaban J connectivity index is 0.00000529. The Morgan fingerprint density at radius 1 is 1.25 bits per heavy atom. The summed E-state index contributed by atoms with van der Waals surface area (Å²) in [5.41, 5.74) is 1.21. The third-order valence-electron chi connectivity index (χ3n) is 3.62. The Morgan fingerprint density at radius 3 is 2.46 bits per heavy atom. The van der Waals surface area contributed by atoms with Crippen LogP contribution in [-0.2, 0) is 6.54 Å². The molecule has 1 unspecified atom stereocenters. The molecule has 1 aromatic carbocycles. The minimum absolute atomic E-state index is 0. The van der Waals surface area contributed by atoms with E-state index in [-0.39, 0.29) is 24.0 Å². The molecule has 0 radical (unpaired) electrons. The number of nitrogens with zero attached hydrogens (tertiary/aromatic N) is 2. The normalized spacial score (nSPS) is 12.5. The number of rotatable bonds is 9. The van der Waals surface area contributed by atoms with Gasteiger partial charge >= 0.3 is 0 Å². The van der Waals surface area contributed by atoms with E-state index in [0.29, 0.717) is 6.04 Å². The Bertz CT molecular complexity index is 463. The van der Waals surface area contributed by atoms with Crippen molar-refractivity contribution in [1.29, 1.82) is 0 Å². The molecule has 0 aliphatic carbocycles. The minimum atomic E-state index is 0. The lowest BCUT2D eigenvalue weighted by molar-refractivity contribution is 0.281. The highest BCUT2D eigenvalue weighted by molar-refractivity contribution is 14.0. The van der Waals surface area contributed by atoms with E-state index >= 15 is 0 Å². The number of guanidine groups is 1. The molecule has 0 aliphatic rings. The third kappa shape index (κ3) is 9.97. The molecule has 0 aromatic heterocycles. The van der Waals surface area contributed by atoms with Crippen molar-refractivity contribution >= 4 is 29.9 Å². The molecule has 2 N–H and O–H groups in total. The molecule has 0 bridgehead atoms. The van der Waals surface area contributed by atoms with Gasteiger partial charge in [-0.2, -0.15) is 0 Å². The molecule has 0 fully saturated rings. The fraction of sp³-hybridized carbons (Fsp3) is 0.611. The van der Waals surface area contributed by atoms with E-state index in [9.17, 15) is 0 Å². The maximum absolute atomic E-state index is 5.74. The molecular weight excluding hydrogens is 415 g/mol. The van der Waals surface area contributed by atoms with Crippen LogP contribution in [0.3, 0.4) is 0 Å². The number of aliphatic imine (C=N–C) groups is 1. The van der Waals surface area contributed by atoms with Crippen molar-refractivity contribution in [1.82, 2.24) is 15.5 Å². The van der Waals surface area contributed by atoms with Crippen molar-refractivity contribution in [3.05, 3.63) is 29.8 Å². The highest BCUT2D eigenvalue weighted by Gasteiger charge is 2.03. The van der Waals surface area contributed by atoms with E-state index in [1.54, 1.807) is 7.05 Å². The van der Waals surface area contributed by atoms with Crippen LogP contribution in [0.25, 0.3) is 0 Å². The summed E-state index contributed by atoms with van der Waals surface area (Å²) in [4.78, 5) is 6.40. The Labute approximate surface area is 164 Å². The maximum atomic E-state index is 5.74. The number of ether oxygens (including phenoxy) is 1. The topological polar surface area (TPSA) is 48.9 Å². The molecular formula is C18H33IN4O. The van der Waals surface area contributed by atoms with Gasteiger partial charge in [0.15, 0.2) is 5.96 Å². The fourth-order valence-corrected chi connectivity index (χ4v) is 1.99. The molecule has 0 aliphatic heterocycles. The number of halogens is 1. The zero-order valence-corrected chi connectivity index (χ0v) is 18.0. The molecule has 1 atom stereocenters. The molecule has 6 heteroatoms. The average Bonchev–Trinajstić information content (AvgIpc) is 2.56. The van der Waals surface area contributed by atoms with Gasteiger partial charge in [0.1, 0.15) is 5.75 Å². The molecule has 1 rings (SSSR count). The van der Waals surface area contributed by atoms with E-state index < -0.39 is 0 Å². The monoisotopic (exact) mass is 448 g/mol. The van der Waals surface area contributed by atoms with Crippen LogP contribution in [0.2, 0.25) is 0 Å². The summed E-state index contributed by atoms with van der Waals surface area (Å²) in [6.07, 6.45) is 2.11. The third-order valence-corrected chi connectivity index (χ3v) is 3.62. The SMILES string of the molecule is CCC(C)NC(=NC)NCc1ccc(OCCCN(C)C)cc1.I. The van der Waals surface area contributed by atoms with E-state index in [4.69, 9.17) is 4.74 Å². The summed E-state index contributed by atoms with van der Waals surface area (Å²) in [5.74, 6) is 1.76. The Hall–Kier alpha value is -1.02. The molecule has 0 heterocycles. The molecule has 24 heavy (non-hydrogen) atoms. The van der Waals surface area contributed by atoms with E-state index in [2.05, 4.69) is 60.6 Å². The van der Waals surface area contributed by atoms with E-state index in [1.165, 1.54) is 5.56 Å². The van der Waals surface area contributed by atoms with Gasteiger partial charge in [-0.1, -0.05) is 19.1 Å². The summed E-state index contributed by atoms with van der Waals surface area (Å²) < 4.78 is 5.74. The van der Waals surface area contributed by atoms with E-state index in [1.807, 2.05) is 12.1 Å². The van der Waals surface area contributed by atoms with Crippen LogP contribution >= 0.6 is 24.0 Å². The van der Waals surface area contributed by atoms with Gasteiger partial charge in [0.25, 0.3) is 0 Å². The predicted octanol–water partition coefficient (Wildman–Crippen LogP) is 3.10. The Morgan fingerprint density at radius 2 is 1.92 bits per heavy atom. The molecule has 0 spiro atoms. The van der Waals surface area contributed by atoms with Crippen LogP contribution in [0.4, 0.5) is 0 Å². The second-order valence-electron chi connectivity index (χ2n) is 6.03. The fourth-order valence-electron chi connectivity index (χ4n) is 1.99. The molecule has 138 valence electrons. The highest BCUT2D eigenvalue weighted by Crippen LogP contribution is 2.12. The van der Waals surface area contributed by atoms with E-state index in [0.717, 1.165) is 44.2 Å². The molecule has 1 aromatic rings. The van der Waals surface area contributed by atoms with Gasteiger partial charge in [-0.15, -0.1) is 24.0 Å². The minimum Gasteiger partial charge on any atom is -0.494 e. The van der Waals surface area contributed by atoms with Crippen LogP contribution < -0.4 is 15.4 Å². The second-order valence-corrected chi connectivity index (χ2v) is 6.03. The number of nitrogens with one attached hydrogen (secondary N) is 2. The van der Waals surface area contributed by atoms with Gasteiger partial charge in [-0.05, 0) is 51.6 Å². The Kier molecular flexibility index (Phi) is 12.7. The standard InChI is InChI=1S/C18H32N4O.HI/c1-6-15(2)21-18(19-3)20-14-16-8-10-17(11-9-16)23-13-7-12-22(4)5;/h8-11,15H,6-7,12-14H2,1-5H3,(H2,19,20,21);1H. The predicted molar refractivity (Wildman–Crippen MR) is 114 cm³/mol. The summed E-state index contributed by atoms with van der Waals surface area (Å²) in [5, 5.41) is 6.68.